The van der Waals surface area contributed by atoms with E-state index in [1.807, 2.05) is 18.2 Å². The second kappa shape index (κ2) is 5.72. The molecule has 2 heterocycles. The number of fused-ring (bicyclic) bond motifs is 2. The largest absolute Gasteiger partial charge is 0.326 e. The maximum atomic E-state index is 13.0. The van der Waals surface area contributed by atoms with Crippen LogP contribution in [0.3, 0.4) is 0 Å². The molecule has 6 heteroatoms. The van der Waals surface area contributed by atoms with Gasteiger partial charge in [-0.3, -0.25) is 4.79 Å². The molecule has 0 aromatic heterocycles. The quantitative estimate of drug-likeness (QED) is 0.911. The fourth-order valence-electron chi connectivity index (χ4n) is 3.34. The number of carbonyl (C=O) groups excluding carboxylic acids is 1. The highest BCUT2D eigenvalue weighted by Crippen LogP contribution is 2.29. The van der Waals surface area contributed by atoms with E-state index in [0.29, 0.717) is 36.5 Å². The summed E-state index contributed by atoms with van der Waals surface area (Å²) >= 11 is 0. The van der Waals surface area contributed by atoms with Crippen LogP contribution >= 0.6 is 0 Å². The van der Waals surface area contributed by atoms with Crippen molar-refractivity contribution in [1.82, 2.24) is 4.31 Å². The summed E-state index contributed by atoms with van der Waals surface area (Å²) in [5.41, 5.74) is 3.89. The van der Waals surface area contributed by atoms with E-state index in [2.05, 4.69) is 11.4 Å². The van der Waals surface area contributed by atoms with Crippen LogP contribution in [0.1, 0.15) is 23.1 Å². The van der Waals surface area contributed by atoms with Crippen molar-refractivity contribution in [1.29, 1.82) is 0 Å². The number of hydrogen-bond acceptors (Lipinski definition) is 3. The molecule has 1 N–H and O–H groups in total. The predicted octanol–water partition coefficient (Wildman–Crippen LogP) is 2.32. The number of hydrogen-bond donors (Lipinski definition) is 1. The molecule has 2 aromatic carbocycles. The van der Waals surface area contributed by atoms with Gasteiger partial charge in [0.05, 0.1) is 4.90 Å². The van der Waals surface area contributed by atoms with Crippen LogP contribution < -0.4 is 5.32 Å². The molecule has 0 radical (unpaired) electrons. The highest BCUT2D eigenvalue weighted by atomic mass is 32.2. The third-order valence-electron chi connectivity index (χ3n) is 4.71. The molecule has 5 nitrogen and oxygen atoms in total. The molecular weight excluding hydrogens is 324 g/mol. The number of aryl methyl sites for hydroxylation is 1. The van der Waals surface area contributed by atoms with Gasteiger partial charge < -0.3 is 5.32 Å². The Hall–Kier alpha value is -2.18. The van der Waals surface area contributed by atoms with Gasteiger partial charge in [0.2, 0.25) is 15.9 Å². The number of amides is 1. The van der Waals surface area contributed by atoms with E-state index in [4.69, 9.17) is 0 Å². The van der Waals surface area contributed by atoms with Crippen LogP contribution in [0.15, 0.2) is 47.4 Å². The highest BCUT2D eigenvalue weighted by Gasteiger charge is 2.29. The lowest BCUT2D eigenvalue weighted by molar-refractivity contribution is -0.116. The predicted molar refractivity (Wildman–Crippen MR) is 91.1 cm³/mol. The molecule has 24 heavy (non-hydrogen) atoms. The number of sulfonamides is 1. The minimum Gasteiger partial charge on any atom is -0.326 e. The van der Waals surface area contributed by atoms with Gasteiger partial charge in [-0.25, -0.2) is 8.42 Å². The average Bonchev–Trinajstić information content (AvgIpc) is 2.60. The topological polar surface area (TPSA) is 66.5 Å². The van der Waals surface area contributed by atoms with Crippen molar-refractivity contribution in [2.45, 2.75) is 30.7 Å². The second-order valence-electron chi connectivity index (χ2n) is 6.22. The van der Waals surface area contributed by atoms with Crippen molar-refractivity contribution in [2.75, 3.05) is 11.9 Å². The van der Waals surface area contributed by atoms with E-state index in [9.17, 15) is 13.2 Å². The van der Waals surface area contributed by atoms with Crippen molar-refractivity contribution < 1.29 is 13.2 Å². The smallest absolute Gasteiger partial charge is 0.243 e. The van der Waals surface area contributed by atoms with Crippen molar-refractivity contribution >= 4 is 21.6 Å². The zero-order valence-corrected chi connectivity index (χ0v) is 14.0. The molecule has 1 amide bonds. The molecule has 0 unspecified atom stereocenters. The van der Waals surface area contributed by atoms with Crippen LogP contribution in [-0.2, 0) is 34.2 Å². The summed E-state index contributed by atoms with van der Waals surface area (Å²) in [6, 6.07) is 12.9. The monoisotopic (exact) mass is 342 g/mol. The van der Waals surface area contributed by atoms with Crippen LogP contribution in [0, 0.1) is 0 Å². The zero-order valence-electron chi connectivity index (χ0n) is 13.2. The number of carbonyl (C=O) groups is 1. The van der Waals surface area contributed by atoms with Crippen LogP contribution in [0.5, 0.6) is 0 Å². The molecule has 0 bridgehead atoms. The molecule has 0 fully saturated rings. The minimum atomic E-state index is -3.53. The number of benzene rings is 2. The molecule has 0 saturated heterocycles. The van der Waals surface area contributed by atoms with Gasteiger partial charge >= 0.3 is 0 Å². The third-order valence-corrected chi connectivity index (χ3v) is 6.55. The Balaban J connectivity index is 1.65. The van der Waals surface area contributed by atoms with Gasteiger partial charge in [-0.2, -0.15) is 4.31 Å². The summed E-state index contributed by atoms with van der Waals surface area (Å²) in [7, 11) is -3.53. The lowest BCUT2D eigenvalue weighted by Crippen LogP contribution is -2.36. The van der Waals surface area contributed by atoms with Crippen LogP contribution in [-0.4, -0.2) is 25.2 Å². The van der Waals surface area contributed by atoms with Gasteiger partial charge in [0, 0.05) is 25.2 Å². The molecular formula is C18H18N2O3S. The number of anilines is 1. The summed E-state index contributed by atoms with van der Waals surface area (Å²) in [6.07, 6.45) is 1.71. The van der Waals surface area contributed by atoms with Gasteiger partial charge in [-0.1, -0.05) is 24.3 Å². The first-order chi connectivity index (χ1) is 11.5. The fraction of sp³-hybridized carbons (Fsp3) is 0.278. The van der Waals surface area contributed by atoms with Crippen LogP contribution in [0.4, 0.5) is 5.69 Å². The Bertz CT molecular complexity index is 922. The standard InChI is InChI=1S/C18H18N2O3S/c21-18-8-5-14-11-16(6-7-17(14)19-18)24(22,23)20-10-9-13-3-1-2-4-15(13)12-20/h1-4,6-7,11H,5,8-10,12H2,(H,19,21). The van der Waals surface area contributed by atoms with Gasteiger partial charge in [0.1, 0.15) is 0 Å². The van der Waals surface area contributed by atoms with Crippen molar-refractivity contribution in [3.8, 4) is 0 Å². The first-order valence-electron chi connectivity index (χ1n) is 8.04. The Labute approximate surface area is 141 Å². The molecule has 0 aliphatic carbocycles. The molecule has 124 valence electrons. The first kappa shape index (κ1) is 15.4. The SMILES string of the molecule is O=C1CCc2cc(S(=O)(=O)N3CCc4ccccc4C3)ccc2N1. The van der Waals surface area contributed by atoms with Gasteiger partial charge in [0.15, 0.2) is 0 Å². The maximum Gasteiger partial charge on any atom is 0.243 e. The molecule has 2 aliphatic heterocycles. The number of nitrogens with one attached hydrogen (secondary N) is 1. The molecule has 4 rings (SSSR count). The van der Waals surface area contributed by atoms with Crippen LogP contribution in [0.2, 0.25) is 0 Å². The second-order valence-corrected chi connectivity index (χ2v) is 8.16. The summed E-state index contributed by atoms with van der Waals surface area (Å²) < 4.78 is 27.5. The molecule has 2 aliphatic rings. The van der Waals surface area contributed by atoms with Gasteiger partial charge in [-0.15, -0.1) is 0 Å². The molecule has 0 saturated carbocycles. The third kappa shape index (κ3) is 2.61. The summed E-state index contributed by atoms with van der Waals surface area (Å²) in [4.78, 5) is 11.7. The van der Waals surface area contributed by atoms with Gasteiger partial charge in [0.25, 0.3) is 0 Å². The molecule has 0 spiro atoms. The number of rotatable bonds is 2. The molecule has 2 aromatic rings. The Morgan fingerprint density at radius 1 is 0.917 bits per heavy atom. The number of nitrogens with zero attached hydrogens (tertiary/aromatic N) is 1. The van der Waals surface area contributed by atoms with E-state index in [0.717, 1.165) is 17.5 Å². The van der Waals surface area contributed by atoms with Crippen molar-refractivity contribution in [3.05, 3.63) is 59.2 Å². The highest BCUT2D eigenvalue weighted by molar-refractivity contribution is 7.89. The van der Waals surface area contributed by atoms with E-state index in [1.54, 1.807) is 22.5 Å². The minimum absolute atomic E-state index is 0.0225. The summed E-state index contributed by atoms with van der Waals surface area (Å²) in [5.74, 6) is -0.0225. The van der Waals surface area contributed by atoms with E-state index < -0.39 is 10.0 Å². The van der Waals surface area contributed by atoms with Crippen LogP contribution in [0.25, 0.3) is 0 Å². The van der Waals surface area contributed by atoms with Crippen molar-refractivity contribution in [3.63, 3.8) is 0 Å². The fourth-order valence-corrected chi connectivity index (χ4v) is 4.81. The average molecular weight is 342 g/mol. The lowest BCUT2D eigenvalue weighted by atomic mass is 10.0. The molecule has 0 atom stereocenters. The Morgan fingerprint density at radius 3 is 2.54 bits per heavy atom. The first-order valence-corrected chi connectivity index (χ1v) is 9.48. The van der Waals surface area contributed by atoms with Crippen molar-refractivity contribution in [2.24, 2.45) is 0 Å². The summed E-state index contributed by atoms with van der Waals surface area (Å²) in [6.45, 7) is 0.902. The Morgan fingerprint density at radius 2 is 1.71 bits per heavy atom. The summed E-state index contributed by atoms with van der Waals surface area (Å²) in [5, 5.41) is 2.78. The normalized spacial score (nSPS) is 17.8. The van der Waals surface area contributed by atoms with E-state index in [-0.39, 0.29) is 5.91 Å². The maximum absolute atomic E-state index is 13.0. The van der Waals surface area contributed by atoms with E-state index >= 15 is 0 Å². The Kier molecular flexibility index (Phi) is 3.66. The zero-order chi connectivity index (χ0) is 16.7. The van der Waals surface area contributed by atoms with Gasteiger partial charge in [-0.05, 0) is 47.7 Å². The van der Waals surface area contributed by atoms with E-state index in [1.165, 1.54) is 5.56 Å². The lowest BCUT2D eigenvalue weighted by Gasteiger charge is -2.28.